The largest absolute Gasteiger partial charge is 0.390 e. The molecule has 0 bridgehead atoms. The van der Waals surface area contributed by atoms with Crippen molar-refractivity contribution in [2.45, 2.75) is 58.6 Å². The van der Waals surface area contributed by atoms with Gasteiger partial charge in [-0.3, -0.25) is 4.68 Å². The number of hydrogen-bond donors (Lipinski definition) is 1. The minimum atomic E-state index is -0.515. The maximum atomic E-state index is 10.7. The minimum Gasteiger partial charge on any atom is -0.390 e. The van der Waals surface area contributed by atoms with Crippen LogP contribution < -0.4 is 0 Å². The maximum absolute atomic E-state index is 10.7. The number of aromatic nitrogens is 2. The Bertz CT molecular complexity index is 362. The lowest BCUT2D eigenvalue weighted by atomic mass is 9.71. The summed E-state index contributed by atoms with van der Waals surface area (Å²) >= 11 is 0. The molecular weight excluding hydrogens is 212 g/mol. The Morgan fingerprint density at radius 3 is 2.59 bits per heavy atom. The van der Waals surface area contributed by atoms with Gasteiger partial charge in [0, 0.05) is 19.2 Å². The maximum Gasteiger partial charge on any atom is 0.0694 e. The molecule has 17 heavy (non-hydrogen) atoms. The minimum absolute atomic E-state index is 0.515. The predicted octanol–water partition coefficient (Wildman–Crippen LogP) is 2.63. The van der Waals surface area contributed by atoms with Crippen molar-refractivity contribution in [1.29, 1.82) is 0 Å². The van der Waals surface area contributed by atoms with Crippen molar-refractivity contribution in [1.82, 2.24) is 9.78 Å². The summed E-state index contributed by atoms with van der Waals surface area (Å²) in [6, 6.07) is 0. The van der Waals surface area contributed by atoms with Crippen LogP contribution in [-0.4, -0.2) is 20.5 Å². The SMILES string of the molecule is CCn1cc(CC2(O)CC(C)CC(C)C2)cn1. The molecule has 1 fully saturated rings. The van der Waals surface area contributed by atoms with Crippen LogP contribution in [0.3, 0.4) is 0 Å². The van der Waals surface area contributed by atoms with Crippen LogP contribution in [0, 0.1) is 11.8 Å². The predicted molar refractivity (Wildman–Crippen MR) is 68.7 cm³/mol. The van der Waals surface area contributed by atoms with E-state index in [4.69, 9.17) is 0 Å². The quantitative estimate of drug-likeness (QED) is 0.876. The molecule has 0 radical (unpaired) electrons. The summed E-state index contributed by atoms with van der Waals surface area (Å²) < 4.78 is 1.92. The van der Waals surface area contributed by atoms with Crippen molar-refractivity contribution in [2.24, 2.45) is 11.8 Å². The van der Waals surface area contributed by atoms with Gasteiger partial charge < -0.3 is 5.11 Å². The smallest absolute Gasteiger partial charge is 0.0694 e. The van der Waals surface area contributed by atoms with E-state index < -0.39 is 5.60 Å². The highest BCUT2D eigenvalue weighted by Gasteiger charge is 2.36. The second kappa shape index (κ2) is 4.81. The Balaban J connectivity index is 2.05. The highest BCUT2D eigenvalue weighted by atomic mass is 16.3. The van der Waals surface area contributed by atoms with Crippen LogP contribution >= 0.6 is 0 Å². The van der Waals surface area contributed by atoms with E-state index >= 15 is 0 Å². The molecule has 3 nitrogen and oxygen atoms in total. The zero-order valence-electron chi connectivity index (χ0n) is 11.2. The van der Waals surface area contributed by atoms with Gasteiger partial charge in [-0.2, -0.15) is 5.10 Å². The van der Waals surface area contributed by atoms with Gasteiger partial charge in [-0.25, -0.2) is 0 Å². The van der Waals surface area contributed by atoms with E-state index in [0.29, 0.717) is 11.8 Å². The van der Waals surface area contributed by atoms with Gasteiger partial charge in [0.2, 0.25) is 0 Å². The van der Waals surface area contributed by atoms with Crippen LogP contribution in [0.4, 0.5) is 0 Å². The summed E-state index contributed by atoms with van der Waals surface area (Å²) in [6.45, 7) is 7.47. The van der Waals surface area contributed by atoms with Gasteiger partial charge in [-0.05, 0) is 43.6 Å². The highest BCUT2D eigenvalue weighted by Crippen LogP contribution is 2.37. The van der Waals surface area contributed by atoms with Gasteiger partial charge in [-0.1, -0.05) is 13.8 Å². The third kappa shape index (κ3) is 3.09. The van der Waals surface area contributed by atoms with E-state index in [0.717, 1.165) is 31.4 Å². The summed E-state index contributed by atoms with van der Waals surface area (Å²) in [7, 11) is 0. The van der Waals surface area contributed by atoms with Crippen molar-refractivity contribution in [3.8, 4) is 0 Å². The second-order valence-corrected chi connectivity index (χ2v) is 5.96. The van der Waals surface area contributed by atoms with E-state index in [9.17, 15) is 5.11 Å². The van der Waals surface area contributed by atoms with Gasteiger partial charge in [0.05, 0.1) is 11.8 Å². The molecule has 1 aliphatic carbocycles. The molecule has 2 atom stereocenters. The van der Waals surface area contributed by atoms with Crippen molar-refractivity contribution in [2.75, 3.05) is 0 Å². The number of aliphatic hydroxyl groups is 1. The molecule has 0 saturated heterocycles. The first-order valence-corrected chi connectivity index (χ1v) is 6.74. The molecule has 2 unspecified atom stereocenters. The molecule has 1 heterocycles. The van der Waals surface area contributed by atoms with Gasteiger partial charge in [-0.15, -0.1) is 0 Å². The van der Waals surface area contributed by atoms with Crippen LogP contribution in [-0.2, 0) is 13.0 Å². The van der Waals surface area contributed by atoms with Gasteiger partial charge in [0.1, 0.15) is 0 Å². The molecular formula is C14H24N2O. The highest BCUT2D eigenvalue weighted by molar-refractivity contribution is 5.09. The summed E-state index contributed by atoms with van der Waals surface area (Å²) in [4.78, 5) is 0. The van der Waals surface area contributed by atoms with Gasteiger partial charge in [0.15, 0.2) is 0 Å². The van der Waals surface area contributed by atoms with Crippen LogP contribution in [0.15, 0.2) is 12.4 Å². The van der Waals surface area contributed by atoms with Crippen molar-refractivity contribution in [3.05, 3.63) is 18.0 Å². The summed E-state index contributed by atoms with van der Waals surface area (Å²) in [5.41, 5.74) is 0.647. The first kappa shape index (κ1) is 12.6. The van der Waals surface area contributed by atoms with Crippen molar-refractivity contribution >= 4 is 0 Å². The van der Waals surface area contributed by atoms with E-state index in [1.807, 2.05) is 10.9 Å². The van der Waals surface area contributed by atoms with E-state index in [1.165, 1.54) is 6.42 Å². The lowest BCUT2D eigenvalue weighted by molar-refractivity contribution is -0.0304. The van der Waals surface area contributed by atoms with Crippen LogP contribution in [0.2, 0.25) is 0 Å². The number of hydrogen-bond acceptors (Lipinski definition) is 2. The lowest BCUT2D eigenvalue weighted by Gasteiger charge is -2.38. The molecule has 1 aliphatic rings. The molecule has 1 aromatic rings. The second-order valence-electron chi connectivity index (χ2n) is 5.96. The topological polar surface area (TPSA) is 38.0 Å². The van der Waals surface area contributed by atoms with E-state index in [2.05, 4.69) is 32.1 Å². The average molecular weight is 236 g/mol. The molecule has 1 aromatic heterocycles. The van der Waals surface area contributed by atoms with Crippen molar-refractivity contribution in [3.63, 3.8) is 0 Å². The fraction of sp³-hybridized carbons (Fsp3) is 0.786. The van der Waals surface area contributed by atoms with E-state index in [1.54, 1.807) is 0 Å². The molecule has 3 heteroatoms. The summed E-state index contributed by atoms with van der Waals surface area (Å²) in [6.07, 6.45) is 7.80. The average Bonchev–Trinajstić information content (AvgIpc) is 2.62. The van der Waals surface area contributed by atoms with Gasteiger partial charge >= 0.3 is 0 Å². The third-order valence-electron chi connectivity index (χ3n) is 3.81. The Hall–Kier alpha value is -0.830. The first-order chi connectivity index (χ1) is 8.00. The Morgan fingerprint density at radius 2 is 2.06 bits per heavy atom. The van der Waals surface area contributed by atoms with Crippen LogP contribution in [0.25, 0.3) is 0 Å². The molecule has 0 aliphatic heterocycles. The number of rotatable bonds is 3. The zero-order valence-corrected chi connectivity index (χ0v) is 11.2. The molecule has 96 valence electrons. The van der Waals surface area contributed by atoms with Crippen molar-refractivity contribution < 1.29 is 5.11 Å². The first-order valence-electron chi connectivity index (χ1n) is 6.74. The zero-order chi connectivity index (χ0) is 12.5. The van der Waals surface area contributed by atoms with Gasteiger partial charge in [0.25, 0.3) is 0 Å². The molecule has 1 saturated carbocycles. The molecule has 2 rings (SSSR count). The standard InChI is InChI=1S/C14H24N2O/c1-4-16-10-13(9-15-16)8-14(17)6-11(2)5-12(3)7-14/h9-12,17H,4-8H2,1-3H3. The molecule has 0 aromatic carbocycles. The molecule has 0 spiro atoms. The van der Waals surface area contributed by atoms with Crippen LogP contribution in [0.5, 0.6) is 0 Å². The fourth-order valence-electron chi connectivity index (χ4n) is 3.43. The monoisotopic (exact) mass is 236 g/mol. The fourth-order valence-corrected chi connectivity index (χ4v) is 3.43. The molecule has 0 amide bonds. The normalized spacial score (nSPS) is 33.9. The lowest BCUT2D eigenvalue weighted by Crippen LogP contribution is -2.39. The Kier molecular flexibility index (Phi) is 3.57. The third-order valence-corrected chi connectivity index (χ3v) is 3.81. The van der Waals surface area contributed by atoms with Crippen LogP contribution in [0.1, 0.15) is 45.6 Å². The number of nitrogens with zero attached hydrogens (tertiary/aromatic N) is 2. The Labute approximate surface area is 104 Å². The molecule has 1 N–H and O–H groups in total. The van der Waals surface area contributed by atoms with E-state index in [-0.39, 0.29) is 0 Å². The summed E-state index contributed by atoms with van der Waals surface area (Å²) in [5.74, 6) is 1.26. The Morgan fingerprint density at radius 1 is 1.41 bits per heavy atom. The number of aryl methyl sites for hydroxylation is 1. The summed E-state index contributed by atoms with van der Waals surface area (Å²) in [5, 5.41) is 15.0.